The van der Waals surface area contributed by atoms with Crippen LogP contribution in [-0.4, -0.2) is 30.2 Å². The summed E-state index contributed by atoms with van der Waals surface area (Å²) in [7, 11) is 0. The summed E-state index contributed by atoms with van der Waals surface area (Å²) < 4.78 is 5.61. The van der Waals surface area contributed by atoms with Gasteiger partial charge in [0.05, 0.1) is 6.04 Å². The van der Waals surface area contributed by atoms with E-state index in [9.17, 15) is 9.59 Å². The molecule has 98 valence electrons. The Kier molecular flexibility index (Phi) is 5.80. The quantitative estimate of drug-likeness (QED) is 0.838. The molecule has 18 heavy (non-hydrogen) atoms. The number of halogens is 1. The van der Waals surface area contributed by atoms with E-state index in [1.165, 1.54) is 0 Å². The lowest BCUT2D eigenvalue weighted by molar-refractivity contribution is -0.143. The molecule has 2 N–H and O–H groups in total. The molecule has 0 radical (unpaired) electrons. The van der Waals surface area contributed by atoms with E-state index < -0.39 is 12.6 Å². The van der Waals surface area contributed by atoms with Gasteiger partial charge in [-0.25, -0.2) is 4.79 Å². The molecule has 1 atom stereocenters. The van der Waals surface area contributed by atoms with E-state index in [-0.39, 0.29) is 18.6 Å². The molecule has 1 aromatic carbocycles. The van der Waals surface area contributed by atoms with Gasteiger partial charge in [-0.1, -0.05) is 34.1 Å². The van der Waals surface area contributed by atoms with E-state index in [1.54, 1.807) is 0 Å². The van der Waals surface area contributed by atoms with Gasteiger partial charge in [-0.3, -0.25) is 4.79 Å². The van der Waals surface area contributed by atoms with Crippen molar-refractivity contribution in [2.75, 3.05) is 13.2 Å². The Morgan fingerprint density at radius 1 is 1.39 bits per heavy atom. The molecular formula is C12H14BrNO4. The molecule has 1 rings (SSSR count). The fourth-order valence-corrected chi connectivity index (χ4v) is 2.05. The average Bonchev–Trinajstić information content (AvgIpc) is 2.28. The number of benzene rings is 1. The molecule has 0 fully saturated rings. The van der Waals surface area contributed by atoms with Crippen LogP contribution >= 0.6 is 15.9 Å². The molecule has 0 saturated carbocycles. The smallest absolute Gasteiger partial charge is 0.329 e. The van der Waals surface area contributed by atoms with Crippen LogP contribution in [0.15, 0.2) is 28.7 Å². The van der Waals surface area contributed by atoms with Crippen molar-refractivity contribution in [2.45, 2.75) is 13.0 Å². The molecule has 0 aliphatic heterocycles. The maximum atomic E-state index is 11.5. The number of rotatable bonds is 6. The number of hydrogen-bond donors (Lipinski definition) is 2. The summed E-state index contributed by atoms with van der Waals surface area (Å²) in [5, 5.41) is 11.1. The molecule has 0 aliphatic rings. The van der Waals surface area contributed by atoms with E-state index in [0.29, 0.717) is 0 Å². The Labute approximate surface area is 113 Å². The molecule has 0 heterocycles. The molecule has 0 unspecified atom stereocenters. The third kappa shape index (κ3) is 4.85. The maximum Gasteiger partial charge on any atom is 0.329 e. The molecule has 1 amide bonds. The summed E-state index contributed by atoms with van der Waals surface area (Å²) in [5.74, 6) is -1.44. The maximum absolute atomic E-state index is 11.5. The number of carboxylic acids is 1. The second kappa shape index (κ2) is 7.13. The Bertz CT molecular complexity index is 436. The molecule has 0 bridgehead atoms. The Morgan fingerprint density at radius 3 is 2.67 bits per heavy atom. The van der Waals surface area contributed by atoms with Crippen LogP contribution in [-0.2, 0) is 14.3 Å². The molecule has 0 saturated heterocycles. The number of aliphatic carboxylic acids is 1. The molecule has 0 aromatic heterocycles. The number of hydrogen-bond acceptors (Lipinski definition) is 3. The van der Waals surface area contributed by atoms with Gasteiger partial charge in [0.2, 0.25) is 5.91 Å². The highest BCUT2D eigenvalue weighted by Crippen LogP contribution is 2.22. The first-order valence-corrected chi connectivity index (χ1v) is 6.13. The van der Waals surface area contributed by atoms with Crippen LogP contribution in [0.25, 0.3) is 0 Å². The normalized spacial score (nSPS) is 11.9. The lowest BCUT2D eigenvalue weighted by Gasteiger charge is -2.15. The molecule has 1 aromatic rings. The van der Waals surface area contributed by atoms with Crippen molar-refractivity contribution in [3.63, 3.8) is 0 Å². The number of amides is 1. The fourth-order valence-electron chi connectivity index (χ4n) is 1.42. The Balaban J connectivity index is 2.45. The van der Waals surface area contributed by atoms with E-state index in [2.05, 4.69) is 21.2 Å². The van der Waals surface area contributed by atoms with Crippen molar-refractivity contribution in [3.05, 3.63) is 34.3 Å². The predicted octanol–water partition coefficient (Wildman–Crippen LogP) is 1.73. The zero-order valence-corrected chi connectivity index (χ0v) is 11.4. The van der Waals surface area contributed by atoms with Crippen LogP contribution < -0.4 is 5.32 Å². The lowest BCUT2D eigenvalue weighted by atomic mass is 10.1. The summed E-state index contributed by atoms with van der Waals surface area (Å²) in [6.45, 7) is 1.10. The Morgan fingerprint density at radius 2 is 2.06 bits per heavy atom. The summed E-state index contributed by atoms with van der Waals surface area (Å²) in [6.07, 6.45) is 0. The molecule has 0 spiro atoms. The minimum atomic E-state index is -1.10. The van der Waals surface area contributed by atoms with Crippen LogP contribution in [0.2, 0.25) is 0 Å². The topological polar surface area (TPSA) is 75.6 Å². The van der Waals surface area contributed by atoms with Crippen LogP contribution in [0.1, 0.15) is 18.5 Å². The SMILES string of the molecule is C[C@H](NC(=O)COCC(=O)O)c1ccccc1Br. The van der Waals surface area contributed by atoms with Gasteiger partial charge in [0, 0.05) is 4.47 Å². The fraction of sp³-hybridized carbons (Fsp3) is 0.333. The highest BCUT2D eigenvalue weighted by atomic mass is 79.9. The number of carboxylic acid groups (broad SMARTS) is 1. The summed E-state index contributed by atoms with van der Waals surface area (Å²) in [6, 6.07) is 7.37. The van der Waals surface area contributed by atoms with Gasteiger partial charge in [0.1, 0.15) is 13.2 Å². The van der Waals surface area contributed by atoms with Gasteiger partial charge < -0.3 is 15.2 Å². The van der Waals surface area contributed by atoms with Crippen molar-refractivity contribution in [2.24, 2.45) is 0 Å². The first-order chi connectivity index (χ1) is 8.50. The summed E-state index contributed by atoms with van der Waals surface area (Å²) >= 11 is 3.40. The van der Waals surface area contributed by atoms with E-state index >= 15 is 0 Å². The monoisotopic (exact) mass is 315 g/mol. The molecule has 0 aliphatic carbocycles. The highest BCUT2D eigenvalue weighted by Gasteiger charge is 2.12. The van der Waals surface area contributed by atoms with Crippen LogP contribution in [0.4, 0.5) is 0 Å². The van der Waals surface area contributed by atoms with Crippen molar-refractivity contribution in [3.8, 4) is 0 Å². The number of carbonyl (C=O) groups is 2. The van der Waals surface area contributed by atoms with E-state index in [0.717, 1.165) is 10.0 Å². The van der Waals surface area contributed by atoms with Gasteiger partial charge in [-0.2, -0.15) is 0 Å². The summed E-state index contributed by atoms with van der Waals surface area (Å²) in [4.78, 5) is 21.7. The van der Waals surface area contributed by atoms with Gasteiger partial charge >= 0.3 is 5.97 Å². The van der Waals surface area contributed by atoms with E-state index in [1.807, 2.05) is 31.2 Å². The first-order valence-electron chi connectivity index (χ1n) is 5.34. The third-order valence-corrected chi connectivity index (χ3v) is 2.93. The van der Waals surface area contributed by atoms with Crippen LogP contribution in [0, 0.1) is 0 Å². The summed E-state index contributed by atoms with van der Waals surface area (Å²) in [5.41, 5.74) is 0.948. The van der Waals surface area contributed by atoms with Gasteiger partial charge in [0.25, 0.3) is 0 Å². The third-order valence-electron chi connectivity index (χ3n) is 2.21. The van der Waals surface area contributed by atoms with E-state index in [4.69, 9.17) is 9.84 Å². The predicted molar refractivity (Wildman–Crippen MR) is 69.2 cm³/mol. The van der Waals surface area contributed by atoms with Crippen LogP contribution in [0.3, 0.4) is 0 Å². The number of nitrogens with one attached hydrogen (secondary N) is 1. The van der Waals surface area contributed by atoms with Gasteiger partial charge in [0.15, 0.2) is 0 Å². The second-order valence-corrected chi connectivity index (χ2v) is 4.55. The first kappa shape index (κ1) is 14.7. The zero-order valence-electron chi connectivity index (χ0n) is 9.85. The molecule has 6 heteroatoms. The van der Waals surface area contributed by atoms with Gasteiger partial charge in [-0.15, -0.1) is 0 Å². The van der Waals surface area contributed by atoms with Crippen LogP contribution in [0.5, 0.6) is 0 Å². The molecule has 5 nitrogen and oxygen atoms in total. The lowest BCUT2D eigenvalue weighted by Crippen LogP contribution is -2.31. The largest absolute Gasteiger partial charge is 0.480 e. The minimum Gasteiger partial charge on any atom is -0.480 e. The second-order valence-electron chi connectivity index (χ2n) is 3.70. The Hall–Kier alpha value is -1.40. The van der Waals surface area contributed by atoms with Crippen molar-refractivity contribution in [1.29, 1.82) is 0 Å². The zero-order chi connectivity index (χ0) is 13.5. The van der Waals surface area contributed by atoms with Crippen molar-refractivity contribution in [1.82, 2.24) is 5.32 Å². The standard InChI is InChI=1S/C12H14BrNO4/c1-8(9-4-2-3-5-10(9)13)14-11(15)6-18-7-12(16)17/h2-5,8H,6-7H2,1H3,(H,14,15)(H,16,17)/t8-/m0/s1. The number of carbonyl (C=O) groups excluding carboxylic acids is 1. The highest BCUT2D eigenvalue weighted by molar-refractivity contribution is 9.10. The van der Waals surface area contributed by atoms with Gasteiger partial charge in [-0.05, 0) is 18.6 Å². The minimum absolute atomic E-state index is 0.179. The number of ether oxygens (including phenoxy) is 1. The van der Waals surface area contributed by atoms with Crippen molar-refractivity contribution < 1.29 is 19.4 Å². The average molecular weight is 316 g/mol. The van der Waals surface area contributed by atoms with Crippen molar-refractivity contribution >= 4 is 27.8 Å². The molecular weight excluding hydrogens is 302 g/mol.